The van der Waals surface area contributed by atoms with Gasteiger partial charge in [0.25, 0.3) is 11.5 Å². The predicted molar refractivity (Wildman–Crippen MR) is 132 cm³/mol. The van der Waals surface area contributed by atoms with E-state index in [0.717, 1.165) is 5.69 Å². The summed E-state index contributed by atoms with van der Waals surface area (Å²) in [5.41, 5.74) is 1.64. The number of carbonyl (C=O) groups excluding carboxylic acids is 2. The standard InChI is InChI=1S/C26H22ClN3O4/c1-15-7-6-10-21(28-15)29-24(31)16(2)34-26(33)23-22(17-11-13-18(27)14-12-17)19-8-4-5-9-20(19)25(32)30(23)3/h4-14,16H,1-3H3,(H,28,29,31). The monoisotopic (exact) mass is 475 g/mol. The van der Waals surface area contributed by atoms with E-state index < -0.39 is 18.0 Å². The third-order valence-corrected chi connectivity index (χ3v) is 5.67. The van der Waals surface area contributed by atoms with Crippen LogP contribution < -0.4 is 10.9 Å². The number of anilines is 1. The maximum atomic E-state index is 13.3. The number of hydrogen-bond acceptors (Lipinski definition) is 5. The fourth-order valence-corrected chi connectivity index (χ4v) is 3.85. The first-order valence-corrected chi connectivity index (χ1v) is 11.0. The van der Waals surface area contributed by atoms with Gasteiger partial charge in [-0.3, -0.25) is 9.59 Å². The number of nitrogens with one attached hydrogen (secondary N) is 1. The average Bonchev–Trinajstić information content (AvgIpc) is 2.81. The second kappa shape index (κ2) is 9.49. The molecule has 0 radical (unpaired) electrons. The molecule has 0 bridgehead atoms. The number of esters is 1. The molecule has 1 amide bonds. The quantitative estimate of drug-likeness (QED) is 0.421. The highest BCUT2D eigenvalue weighted by Crippen LogP contribution is 2.32. The van der Waals surface area contributed by atoms with Gasteiger partial charge in [-0.1, -0.05) is 48.0 Å². The SMILES string of the molecule is Cc1cccc(NC(=O)C(C)OC(=O)c2c(-c3ccc(Cl)cc3)c3ccccc3c(=O)n2C)n1. The van der Waals surface area contributed by atoms with Gasteiger partial charge >= 0.3 is 5.97 Å². The highest BCUT2D eigenvalue weighted by atomic mass is 35.5. The maximum absolute atomic E-state index is 13.3. The van der Waals surface area contributed by atoms with Crippen molar-refractivity contribution in [1.29, 1.82) is 0 Å². The van der Waals surface area contributed by atoms with Gasteiger partial charge in [-0.15, -0.1) is 0 Å². The summed E-state index contributed by atoms with van der Waals surface area (Å²) in [6.45, 7) is 3.27. The summed E-state index contributed by atoms with van der Waals surface area (Å²) in [5.74, 6) is -0.978. The number of hydrogen-bond donors (Lipinski definition) is 1. The molecule has 2 aromatic carbocycles. The lowest BCUT2D eigenvalue weighted by atomic mass is 9.96. The third-order valence-electron chi connectivity index (χ3n) is 5.42. The predicted octanol–water partition coefficient (Wildman–Crippen LogP) is 4.75. The number of rotatable bonds is 5. The van der Waals surface area contributed by atoms with E-state index >= 15 is 0 Å². The second-order valence-corrected chi connectivity index (χ2v) is 8.28. The molecule has 0 saturated heterocycles. The summed E-state index contributed by atoms with van der Waals surface area (Å²) in [6.07, 6.45) is -1.13. The van der Waals surface area contributed by atoms with Crippen molar-refractivity contribution in [2.24, 2.45) is 7.05 Å². The minimum absolute atomic E-state index is 0.0411. The van der Waals surface area contributed by atoms with Gasteiger partial charge in [0.05, 0.1) is 0 Å². The van der Waals surface area contributed by atoms with Crippen molar-refractivity contribution >= 4 is 40.1 Å². The molecule has 0 saturated carbocycles. The Bertz CT molecular complexity index is 1460. The van der Waals surface area contributed by atoms with Crippen molar-refractivity contribution in [2.75, 3.05) is 5.32 Å². The number of amides is 1. The number of benzene rings is 2. The molecule has 1 atom stereocenters. The van der Waals surface area contributed by atoms with Crippen LogP contribution in [-0.4, -0.2) is 27.5 Å². The van der Waals surface area contributed by atoms with Crippen LogP contribution in [0.3, 0.4) is 0 Å². The molecule has 1 N–H and O–H groups in total. The molecule has 4 rings (SSSR count). The van der Waals surface area contributed by atoms with Crippen molar-refractivity contribution in [1.82, 2.24) is 9.55 Å². The second-order valence-electron chi connectivity index (χ2n) is 7.84. The van der Waals surface area contributed by atoms with Gasteiger partial charge in [0.1, 0.15) is 11.5 Å². The highest BCUT2D eigenvalue weighted by Gasteiger charge is 2.26. The Kier molecular flexibility index (Phi) is 6.47. The van der Waals surface area contributed by atoms with E-state index in [9.17, 15) is 14.4 Å². The Hall–Kier alpha value is -3.97. The molecule has 4 aromatic rings. The van der Waals surface area contributed by atoms with Crippen molar-refractivity contribution in [3.05, 3.63) is 93.5 Å². The van der Waals surface area contributed by atoms with Crippen LogP contribution >= 0.6 is 11.6 Å². The Balaban J connectivity index is 1.74. The minimum atomic E-state index is -1.13. The highest BCUT2D eigenvalue weighted by molar-refractivity contribution is 6.30. The zero-order valence-electron chi connectivity index (χ0n) is 18.8. The number of halogens is 1. The molecule has 2 heterocycles. The van der Waals surface area contributed by atoms with Crippen molar-refractivity contribution < 1.29 is 14.3 Å². The van der Waals surface area contributed by atoms with Gasteiger partial charge in [0, 0.05) is 28.7 Å². The van der Waals surface area contributed by atoms with Crippen LogP contribution in [0, 0.1) is 6.92 Å². The average molecular weight is 476 g/mol. The lowest BCUT2D eigenvalue weighted by Crippen LogP contribution is -2.33. The molecule has 2 aromatic heterocycles. The molecule has 0 aliphatic carbocycles. The summed E-state index contributed by atoms with van der Waals surface area (Å²) >= 11 is 6.06. The summed E-state index contributed by atoms with van der Waals surface area (Å²) in [4.78, 5) is 43.2. The van der Waals surface area contributed by atoms with Gasteiger partial charge in [0.2, 0.25) is 0 Å². The maximum Gasteiger partial charge on any atom is 0.356 e. The molecule has 8 heteroatoms. The Labute approximate surface area is 201 Å². The largest absolute Gasteiger partial charge is 0.448 e. The van der Waals surface area contributed by atoms with E-state index in [2.05, 4.69) is 10.3 Å². The van der Waals surface area contributed by atoms with Gasteiger partial charge in [-0.25, -0.2) is 9.78 Å². The Morgan fingerprint density at radius 1 is 1.00 bits per heavy atom. The lowest BCUT2D eigenvalue weighted by Gasteiger charge is -2.19. The molecule has 0 fully saturated rings. The van der Waals surface area contributed by atoms with Crippen LogP contribution in [0.2, 0.25) is 5.02 Å². The number of fused-ring (bicyclic) bond motifs is 1. The first kappa shape index (κ1) is 23.2. The molecule has 0 spiro atoms. The van der Waals surface area contributed by atoms with Gasteiger partial charge in [0.15, 0.2) is 6.10 Å². The number of aromatic nitrogens is 2. The van der Waals surface area contributed by atoms with Crippen molar-refractivity contribution in [3.8, 4) is 11.1 Å². The number of nitrogens with zero attached hydrogens (tertiary/aromatic N) is 2. The summed E-state index contributed by atoms with van der Waals surface area (Å²) in [6, 6.07) is 19.2. The number of ether oxygens (including phenoxy) is 1. The topological polar surface area (TPSA) is 90.3 Å². The molecule has 172 valence electrons. The van der Waals surface area contributed by atoms with E-state index in [-0.39, 0.29) is 11.3 Å². The van der Waals surface area contributed by atoms with Crippen LogP contribution in [0.25, 0.3) is 21.9 Å². The fourth-order valence-electron chi connectivity index (χ4n) is 3.72. The van der Waals surface area contributed by atoms with Gasteiger partial charge < -0.3 is 14.6 Å². The zero-order chi connectivity index (χ0) is 24.4. The zero-order valence-corrected chi connectivity index (χ0v) is 19.6. The molecular formula is C26H22ClN3O4. The van der Waals surface area contributed by atoms with E-state index in [1.165, 1.54) is 18.5 Å². The summed E-state index contributed by atoms with van der Waals surface area (Å²) in [5, 5.41) is 4.23. The Morgan fingerprint density at radius 3 is 2.35 bits per heavy atom. The van der Waals surface area contributed by atoms with Crippen LogP contribution in [-0.2, 0) is 16.6 Å². The number of aryl methyl sites for hydroxylation is 1. The first-order chi connectivity index (χ1) is 16.3. The summed E-state index contributed by atoms with van der Waals surface area (Å²) < 4.78 is 6.76. The summed E-state index contributed by atoms with van der Waals surface area (Å²) in [7, 11) is 1.51. The van der Waals surface area contributed by atoms with Crippen LogP contribution in [0.15, 0.2) is 71.5 Å². The van der Waals surface area contributed by atoms with Crippen LogP contribution in [0.5, 0.6) is 0 Å². The van der Waals surface area contributed by atoms with Gasteiger partial charge in [-0.2, -0.15) is 0 Å². The number of carbonyl (C=O) groups is 2. The molecule has 0 aliphatic heterocycles. The molecule has 7 nitrogen and oxygen atoms in total. The minimum Gasteiger partial charge on any atom is -0.448 e. The van der Waals surface area contributed by atoms with E-state index in [1.807, 2.05) is 0 Å². The molecule has 34 heavy (non-hydrogen) atoms. The molecule has 0 aliphatic rings. The molecule has 1 unspecified atom stereocenters. The van der Waals surface area contributed by atoms with Crippen LogP contribution in [0.4, 0.5) is 5.82 Å². The molecular weight excluding hydrogens is 454 g/mol. The van der Waals surface area contributed by atoms with Crippen molar-refractivity contribution in [2.45, 2.75) is 20.0 Å². The normalized spacial score (nSPS) is 11.8. The fraction of sp³-hybridized carbons (Fsp3) is 0.154. The van der Waals surface area contributed by atoms with Gasteiger partial charge in [-0.05, 0) is 55.1 Å². The lowest BCUT2D eigenvalue weighted by molar-refractivity contribution is -0.123. The smallest absolute Gasteiger partial charge is 0.356 e. The van der Waals surface area contributed by atoms with E-state index in [4.69, 9.17) is 16.3 Å². The Morgan fingerprint density at radius 2 is 1.68 bits per heavy atom. The van der Waals surface area contributed by atoms with Crippen LogP contribution in [0.1, 0.15) is 23.1 Å². The first-order valence-electron chi connectivity index (χ1n) is 10.6. The van der Waals surface area contributed by atoms with E-state index in [0.29, 0.717) is 32.7 Å². The third kappa shape index (κ3) is 4.56. The number of pyridine rings is 2. The van der Waals surface area contributed by atoms with E-state index in [1.54, 1.807) is 73.7 Å². The van der Waals surface area contributed by atoms with Crippen molar-refractivity contribution in [3.63, 3.8) is 0 Å².